The number of carbonyl (C=O) groups is 1. The number of carboxylic acid groups (broad SMARTS) is 1. The second kappa shape index (κ2) is 8.29. The largest absolute Gasteiger partial charge is 0.506 e. The van der Waals surface area contributed by atoms with E-state index in [-0.39, 0.29) is 17.0 Å². The lowest BCUT2D eigenvalue weighted by Crippen LogP contribution is -2.42. The number of ether oxygens (including phenoxy) is 1. The molecule has 2 aromatic rings. The Balaban J connectivity index is 2.15. The van der Waals surface area contributed by atoms with E-state index in [1.54, 1.807) is 18.2 Å². The number of hydrogen-bond acceptors (Lipinski definition) is 3. The zero-order chi connectivity index (χ0) is 22.1. The molecule has 0 unspecified atom stereocenters. The summed E-state index contributed by atoms with van der Waals surface area (Å²) < 4.78 is 6.26. The van der Waals surface area contributed by atoms with Crippen LogP contribution < -0.4 is 0 Å². The van der Waals surface area contributed by atoms with Gasteiger partial charge < -0.3 is 14.9 Å². The molecule has 2 aromatic carbocycles. The predicted octanol–water partition coefficient (Wildman–Crippen LogP) is 6.31. The van der Waals surface area contributed by atoms with Gasteiger partial charge >= 0.3 is 5.97 Å². The van der Waals surface area contributed by atoms with E-state index in [0.717, 1.165) is 41.2 Å². The Labute approximate surface area is 182 Å². The second-order valence-corrected chi connectivity index (χ2v) is 9.32. The van der Waals surface area contributed by atoms with Crippen LogP contribution in [0, 0.1) is 0 Å². The zero-order valence-corrected chi connectivity index (χ0v) is 18.5. The first-order valence-corrected chi connectivity index (χ1v) is 10.3. The summed E-state index contributed by atoms with van der Waals surface area (Å²) in [4.78, 5) is 10.8. The van der Waals surface area contributed by atoms with Crippen LogP contribution in [0.2, 0.25) is 5.02 Å². The van der Waals surface area contributed by atoms with Crippen LogP contribution in [0.4, 0.5) is 0 Å². The van der Waals surface area contributed by atoms with Gasteiger partial charge in [0.25, 0.3) is 0 Å². The minimum absolute atomic E-state index is 0.0477. The van der Waals surface area contributed by atoms with E-state index in [4.69, 9.17) is 21.4 Å². The monoisotopic (exact) mass is 426 g/mol. The van der Waals surface area contributed by atoms with Crippen molar-refractivity contribution < 1.29 is 19.7 Å². The molecule has 0 radical (unpaired) electrons. The fourth-order valence-electron chi connectivity index (χ4n) is 4.25. The van der Waals surface area contributed by atoms with Gasteiger partial charge in [-0.15, -0.1) is 0 Å². The molecule has 30 heavy (non-hydrogen) atoms. The van der Waals surface area contributed by atoms with Crippen molar-refractivity contribution >= 4 is 29.2 Å². The highest BCUT2D eigenvalue weighted by atomic mass is 35.5. The molecule has 158 valence electrons. The normalized spacial score (nSPS) is 17.8. The molecular formula is C25H27ClO4. The third kappa shape index (κ3) is 5.32. The van der Waals surface area contributed by atoms with Crippen LogP contribution in [-0.4, -0.2) is 27.4 Å². The number of rotatable bonds is 4. The third-order valence-electron chi connectivity index (χ3n) is 5.04. The van der Waals surface area contributed by atoms with Crippen molar-refractivity contribution in [1.82, 2.24) is 0 Å². The Kier molecular flexibility index (Phi) is 6.11. The van der Waals surface area contributed by atoms with Gasteiger partial charge in [0.1, 0.15) is 5.75 Å². The summed E-state index contributed by atoms with van der Waals surface area (Å²) in [6.45, 7) is 8.37. The molecule has 1 saturated heterocycles. The maximum Gasteiger partial charge on any atom is 0.328 e. The van der Waals surface area contributed by atoms with Crippen LogP contribution in [0.15, 0.2) is 54.1 Å². The summed E-state index contributed by atoms with van der Waals surface area (Å²) in [5, 5.41) is 19.0. The molecule has 1 aliphatic heterocycles. The summed E-state index contributed by atoms with van der Waals surface area (Å²) >= 11 is 6.23. The molecule has 0 aliphatic carbocycles. The van der Waals surface area contributed by atoms with E-state index in [1.165, 1.54) is 5.57 Å². The van der Waals surface area contributed by atoms with Gasteiger partial charge in [-0.25, -0.2) is 4.79 Å². The lowest BCUT2D eigenvalue weighted by atomic mass is 9.79. The quantitative estimate of drug-likeness (QED) is 0.562. The van der Waals surface area contributed by atoms with Gasteiger partial charge in [-0.2, -0.15) is 0 Å². The van der Waals surface area contributed by atoms with Gasteiger partial charge in [-0.3, -0.25) is 0 Å². The van der Waals surface area contributed by atoms with Crippen molar-refractivity contribution in [2.75, 3.05) is 0 Å². The Morgan fingerprint density at radius 3 is 2.10 bits per heavy atom. The number of carboxylic acids is 1. The van der Waals surface area contributed by atoms with Gasteiger partial charge in [0, 0.05) is 6.08 Å². The van der Waals surface area contributed by atoms with Gasteiger partial charge in [0.05, 0.1) is 16.2 Å². The van der Waals surface area contributed by atoms with E-state index in [9.17, 15) is 9.90 Å². The summed E-state index contributed by atoms with van der Waals surface area (Å²) in [6, 6.07) is 13.0. The molecule has 5 heteroatoms. The number of hydrogen-bond donors (Lipinski definition) is 2. The van der Waals surface area contributed by atoms with E-state index >= 15 is 0 Å². The molecule has 4 nitrogen and oxygen atoms in total. The van der Waals surface area contributed by atoms with E-state index in [1.807, 2.05) is 30.3 Å². The smallest absolute Gasteiger partial charge is 0.328 e. The van der Waals surface area contributed by atoms with E-state index in [2.05, 4.69) is 27.7 Å². The molecule has 0 aromatic heterocycles. The van der Waals surface area contributed by atoms with Gasteiger partial charge in [0.15, 0.2) is 0 Å². The number of benzene rings is 2. The van der Waals surface area contributed by atoms with Gasteiger partial charge in [-0.1, -0.05) is 47.5 Å². The van der Waals surface area contributed by atoms with Crippen molar-refractivity contribution in [1.29, 1.82) is 0 Å². The minimum Gasteiger partial charge on any atom is -0.506 e. The molecule has 3 rings (SSSR count). The maximum absolute atomic E-state index is 10.8. The van der Waals surface area contributed by atoms with Crippen molar-refractivity contribution in [2.24, 2.45) is 0 Å². The first kappa shape index (κ1) is 22.1. The highest BCUT2D eigenvalue weighted by Crippen LogP contribution is 2.43. The summed E-state index contributed by atoms with van der Waals surface area (Å²) in [6.07, 6.45) is 4.23. The molecule has 0 saturated carbocycles. The summed E-state index contributed by atoms with van der Waals surface area (Å²) in [5.41, 5.74) is 4.44. The molecule has 1 fully saturated rings. The van der Waals surface area contributed by atoms with Crippen molar-refractivity contribution in [3.8, 4) is 5.75 Å². The Bertz CT molecular complexity index is 996. The van der Waals surface area contributed by atoms with E-state index in [0.29, 0.717) is 5.02 Å². The van der Waals surface area contributed by atoms with Crippen LogP contribution in [0.1, 0.15) is 57.2 Å². The van der Waals surface area contributed by atoms with E-state index < -0.39 is 5.97 Å². The number of aliphatic carboxylic acids is 1. The predicted molar refractivity (Wildman–Crippen MR) is 121 cm³/mol. The standard InChI is InChI=1S/C25H27ClO4/c1-24(2)14-19(15-25(3,4)30-24)23(18-10-11-21(27)20(26)13-18)17-8-5-16(6-9-17)7-12-22(28)29/h5-13,27H,14-15H2,1-4H3,(H,28,29). The van der Waals surface area contributed by atoms with Gasteiger partial charge in [0.2, 0.25) is 0 Å². The fraction of sp³-hybridized carbons (Fsp3) is 0.320. The SMILES string of the molecule is CC1(C)CC(=C(c2ccc(C=CC(=O)O)cc2)c2ccc(O)c(Cl)c2)CC(C)(C)O1. The lowest BCUT2D eigenvalue weighted by molar-refractivity contribution is -0.138. The highest BCUT2D eigenvalue weighted by molar-refractivity contribution is 6.32. The summed E-state index contributed by atoms with van der Waals surface area (Å²) in [7, 11) is 0. The van der Waals surface area contributed by atoms with Crippen LogP contribution >= 0.6 is 11.6 Å². The average molecular weight is 427 g/mol. The minimum atomic E-state index is -0.979. The molecular weight excluding hydrogens is 400 g/mol. The average Bonchev–Trinajstić information content (AvgIpc) is 2.61. The zero-order valence-electron chi connectivity index (χ0n) is 17.7. The second-order valence-electron chi connectivity index (χ2n) is 8.91. The summed E-state index contributed by atoms with van der Waals surface area (Å²) in [5.74, 6) is -0.932. The Morgan fingerprint density at radius 2 is 1.57 bits per heavy atom. The molecule has 0 atom stereocenters. The number of phenolic OH excluding ortho intramolecular Hbond substituents is 1. The number of aromatic hydroxyl groups is 1. The molecule has 2 N–H and O–H groups in total. The van der Waals surface area contributed by atoms with Crippen LogP contribution in [-0.2, 0) is 9.53 Å². The molecule has 1 aliphatic rings. The first-order valence-electron chi connectivity index (χ1n) is 9.88. The van der Waals surface area contributed by atoms with Crippen LogP contribution in [0.5, 0.6) is 5.75 Å². The Hall–Kier alpha value is -2.56. The molecule has 0 spiro atoms. The van der Waals surface area contributed by atoms with Crippen LogP contribution in [0.3, 0.4) is 0 Å². The first-order chi connectivity index (χ1) is 14.0. The molecule has 0 bridgehead atoms. The lowest BCUT2D eigenvalue weighted by Gasteiger charge is -2.43. The van der Waals surface area contributed by atoms with Gasteiger partial charge in [-0.05, 0) is 81.0 Å². The fourth-order valence-corrected chi connectivity index (χ4v) is 4.43. The highest BCUT2D eigenvalue weighted by Gasteiger charge is 2.37. The topological polar surface area (TPSA) is 66.8 Å². The number of phenols is 1. The molecule has 0 amide bonds. The van der Waals surface area contributed by atoms with Crippen molar-refractivity contribution in [2.45, 2.75) is 51.7 Å². The van der Waals surface area contributed by atoms with Crippen molar-refractivity contribution in [3.05, 3.63) is 75.8 Å². The Morgan fingerprint density at radius 1 is 1.00 bits per heavy atom. The van der Waals surface area contributed by atoms with Crippen molar-refractivity contribution in [3.63, 3.8) is 0 Å². The maximum atomic E-state index is 10.8. The third-order valence-corrected chi connectivity index (χ3v) is 5.34. The van der Waals surface area contributed by atoms with Crippen LogP contribution in [0.25, 0.3) is 11.6 Å². The number of halogens is 1. The molecule has 1 heterocycles.